The van der Waals surface area contributed by atoms with E-state index in [0.29, 0.717) is 5.92 Å². The molecule has 206 valence electrons. The van der Waals surface area contributed by atoms with Crippen molar-refractivity contribution in [3.63, 3.8) is 0 Å². The molecule has 0 aliphatic carbocycles. The molecule has 0 saturated carbocycles. The van der Waals surface area contributed by atoms with Crippen molar-refractivity contribution in [3.05, 3.63) is 34.2 Å². The molecule has 0 amide bonds. The Morgan fingerprint density at radius 2 is 1.57 bits per heavy atom. The van der Waals surface area contributed by atoms with E-state index in [9.17, 15) is 48.3 Å². The van der Waals surface area contributed by atoms with E-state index in [1.807, 2.05) is 0 Å². The average molecular weight is 560 g/mol. The second kappa shape index (κ2) is 13.7. The predicted octanol–water partition coefficient (Wildman–Crippen LogP) is 3.67. The molecule has 0 saturated heterocycles. The minimum atomic E-state index is -6.72. The molecule has 1 aromatic heterocycles. The van der Waals surface area contributed by atoms with Gasteiger partial charge in [-0.1, -0.05) is 27.2 Å². The van der Waals surface area contributed by atoms with E-state index in [1.54, 1.807) is 0 Å². The van der Waals surface area contributed by atoms with E-state index in [2.05, 4.69) is 61.8 Å². The maximum atomic E-state index is 11.4. The van der Waals surface area contributed by atoms with Crippen molar-refractivity contribution in [2.24, 2.45) is 5.92 Å². The highest BCUT2D eigenvalue weighted by molar-refractivity contribution is 8.13. The lowest BCUT2D eigenvalue weighted by Crippen LogP contribution is -2.37. The van der Waals surface area contributed by atoms with Gasteiger partial charge in [-0.3, -0.25) is 4.90 Å². The van der Waals surface area contributed by atoms with Crippen LogP contribution in [0.5, 0.6) is 0 Å². The fourth-order valence-corrected chi connectivity index (χ4v) is 4.43. The van der Waals surface area contributed by atoms with Crippen molar-refractivity contribution in [2.45, 2.75) is 70.2 Å². The normalized spacial score (nSPS) is 14.1. The molecule has 0 aliphatic rings. The summed E-state index contributed by atoms with van der Waals surface area (Å²) in [5.41, 5.74) is -11.1. The van der Waals surface area contributed by atoms with Crippen molar-refractivity contribution >= 4 is 20.0 Å². The highest BCUT2D eigenvalue weighted by atomic mass is 32.3. The monoisotopic (exact) mass is 559 g/mol. The van der Waals surface area contributed by atoms with Gasteiger partial charge in [-0.25, -0.2) is 21.4 Å². The number of aliphatic hydroxyl groups is 1. The van der Waals surface area contributed by atoms with Crippen LogP contribution in [-0.4, -0.2) is 57.6 Å². The number of aryl methyl sites for hydroxylation is 1. The van der Waals surface area contributed by atoms with Crippen molar-refractivity contribution in [1.29, 1.82) is 0 Å². The van der Waals surface area contributed by atoms with E-state index in [-0.39, 0.29) is 12.6 Å². The Hall–Kier alpha value is -1.49. The third kappa shape index (κ3) is 11.9. The zero-order valence-electron chi connectivity index (χ0n) is 19.7. The van der Waals surface area contributed by atoms with Gasteiger partial charge >= 0.3 is 11.0 Å². The first-order valence-corrected chi connectivity index (χ1v) is 13.3. The molecule has 35 heavy (non-hydrogen) atoms. The molecule has 1 atom stereocenters. The minimum absolute atomic E-state index is 0.233. The Bertz CT molecular complexity index is 941. The molecular formula is C19H31F6N3O5S2. The van der Waals surface area contributed by atoms with Crippen molar-refractivity contribution in [1.82, 2.24) is 4.90 Å². The molecule has 8 nitrogen and oxygen atoms in total. The molecule has 0 bridgehead atoms. The topological polar surface area (TPSA) is 110 Å². The number of rotatable bonds is 11. The SMILES string of the molecule is CCCC[n+]1cccc(CN(C)[C@H](CO)CC(C)C)c1.O=S(=O)([N-]S(=O)(=O)C(F)(F)F)C(F)(F)F. The molecular weight excluding hydrogens is 528 g/mol. The highest BCUT2D eigenvalue weighted by Crippen LogP contribution is 2.36. The summed E-state index contributed by atoms with van der Waals surface area (Å²) >= 11 is 0. The van der Waals surface area contributed by atoms with Crippen LogP contribution < -0.4 is 4.57 Å². The van der Waals surface area contributed by atoms with Gasteiger partial charge in [0.05, 0.1) is 6.61 Å². The molecule has 0 fully saturated rings. The lowest BCUT2D eigenvalue weighted by atomic mass is 10.0. The van der Waals surface area contributed by atoms with Crippen LogP contribution in [-0.2, 0) is 33.1 Å². The summed E-state index contributed by atoms with van der Waals surface area (Å²) in [7, 11) is -11.3. The predicted molar refractivity (Wildman–Crippen MR) is 117 cm³/mol. The van der Waals surface area contributed by atoms with Gasteiger partial charge in [0.1, 0.15) is 6.54 Å². The fraction of sp³-hybridized carbons (Fsp3) is 0.737. The first-order valence-electron chi connectivity index (χ1n) is 10.4. The highest BCUT2D eigenvalue weighted by Gasteiger charge is 2.46. The molecule has 1 aromatic rings. The third-order valence-corrected chi connectivity index (χ3v) is 7.22. The van der Waals surface area contributed by atoms with Gasteiger partial charge in [-0.2, -0.15) is 26.3 Å². The Morgan fingerprint density at radius 1 is 1.06 bits per heavy atom. The van der Waals surface area contributed by atoms with Crippen LogP contribution in [0.4, 0.5) is 26.3 Å². The van der Waals surface area contributed by atoms with Gasteiger partial charge in [0.2, 0.25) is 0 Å². The van der Waals surface area contributed by atoms with E-state index < -0.39 is 31.1 Å². The summed E-state index contributed by atoms with van der Waals surface area (Å²) in [6.45, 7) is 8.84. The number of hydrogen-bond acceptors (Lipinski definition) is 6. The lowest BCUT2D eigenvalue weighted by molar-refractivity contribution is -0.697. The Balaban J connectivity index is 0.000000691. The Morgan fingerprint density at radius 3 is 1.97 bits per heavy atom. The summed E-state index contributed by atoms with van der Waals surface area (Å²) in [5.74, 6) is 0.611. The van der Waals surface area contributed by atoms with Crippen LogP contribution in [0.25, 0.3) is 4.13 Å². The molecule has 0 radical (unpaired) electrons. The molecule has 0 unspecified atom stereocenters. The van der Waals surface area contributed by atoms with E-state index in [0.717, 1.165) is 23.6 Å². The average Bonchev–Trinajstić information content (AvgIpc) is 2.68. The van der Waals surface area contributed by atoms with Crippen molar-refractivity contribution in [3.8, 4) is 0 Å². The van der Waals surface area contributed by atoms with Crippen LogP contribution >= 0.6 is 0 Å². The first-order chi connectivity index (χ1) is 15.8. The van der Waals surface area contributed by atoms with Crippen LogP contribution in [0.3, 0.4) is 0 Å². The van der Waals surface area contributed by atoms with Gasteiger partial charge in [-0.15, -0.1) is 0 Å². The second-order valence-corrected chi connectivity index (χ2v) is 11.5. The quantitative estimate of drug-likeness (QED) is 0.327. The Labute approximate surface area is 202 Å². The molecule has 0 aromatic carbocycles. The molecule has 0 aliphatic heterocycles. The summed E-state index contributed by atoms with van der Waals surface area (Å²) in [5, 5.41) is 9.55. The number of pyridine rings is 1. The zero-order valence-corrected chi connectivity index (χ0v) is 21.3. The third-order valence-electron chi connectivity index (χ3n) is 4.48. The number of alkyl halides is 6. The summed E-state index contributed by atoms with van der Waals surface area (Å²) in [6.07, 6.45) is 7.84. The summed E-state index contributed by atoms with van der Waals surface area (Å²) < 4.78 is 111. The standard InChI is InChI=1S/C17H31N2O.C2F6NO4S2/c1-5-6-9-19-10-7-8-16(13-19)12-18(4)17(14-20)11-15(2)3;3-1(4,5)14(10,11)9-15(12,13)2(6,7)8/h7-8,10,13,15,17,20H,5-6,9,11-12,14H2,1-4H3;/q+1;-1/t17-;/m0./s1. The van der Waals surface area contributed by atoms with Gasteiger partial charge in [0.25, 0.3) is 0 Å². The van der Waals surface area contributed by atoms with Gasteiger partial charge in [-0.05, 0) is 25.5 Å². The number of hydrogen-bond donors (Lipinski definition) is 1. The zero-order chi connectivity index (χ0) is 27.7. The number of aliphatic hydroxyl groups excluding tert-OH is 1. The number of likely N-dealkylation sites (N-methyl/N-ethyl adjacent to an activating group) is 1. The molecule has 16 heteroatoms. The maximum Gasteiger partial charge on any atom is 0.480 e. The van der Waals surface area contributed by atoms with E-state index >= 15 is 0 Å². The van der Waals surface area contributed by atoms with Gasteiger partial charge in [0.15, 0.2) is 32.4 Å². The van der Waals surface area contributed by atoms with Crippen LogP contribution in [0.2, 0.25) is 0 Å². The molecule has 1 heterocycles. The largest absolute Gasteiger partial charge is 0.480 e. The van der Waals surface area contributed by atoms with Crippen LogP contribution in [0.1, 0.15) is 45.6 Å². The number of unbranched alkanes of at least 4 members (excludes halogenated alkanes) is 1. The van der Waals surface area contributed by atoms with E-state index in [4.69, 9.17) is 0 Å². The van der Waals surface area contributed by atoms with Crippen molar-refractivity contribution < 1.29 is 52.9 Å². The summed E-state index contributed by atoms with van der Waals surface area (Å²) in [6, 6.07) is 4.54. The number of aromatic nitrogens is 1. The number of sulfonamides is 2. The number of nitrogens with zero attached hydrogens (tertiary/aromatic N) is 3. The number of halogens is 6. The lowest BCUT2D eigenvalue weighted by Gasteiger charge is -2.27. The second-order valence-electron chi connectivity index (χ2n) is 8.10. The first kappa shape index (κ1) is 33.5. The Kier molecular flexibility index (Phi) is 13.1. The van der Waals surface area contributed by atoms with Crippen LogP contribution in [0, 0.1) is 5.92 Å². The minimum Gasteiger partial charge on any atom is -0.421 e. The smallest absolute Gasteiger partial charge is 0.421 e. The van der Waals surface area contributed by atoms with Gasteiger partial charge in [0, 0.05) is 30.6 Å². The molecule has 0 spiro atoms. The maximum absolute atomic E-state index is 11.4. The fourth-order valence-electron chi connectivity index (χ4n) is 2.72. The van der Waals surface area contributed by atoms with Crippen molar-refractivity contribution in [2.75, 3.05) is 13.7 Å². The van der Waals surface area contributed by atoms with E-state index in [1.165, 1.54) is 18.4 Å². The van der Waals surface area contributed by atoms with Crippen LogP contribution in [0.15, 0.2) is 24.5 Å². The molecule has 1 rings (SSSR count). The molecule has 1 N–H and O–H groups in total. The summed E-state index contributed by atoms with van der Waals surface area (Å²) in [4.78, 5) is 2.26. The van der Waals surface area contributed by atoms with Gasteiger partial charge < -0.3 is 9.23 Å².